The van der Waals surface area contributed by atoms with Gasteiger partial charge in [-0.3, -0.25) is 4.79 Å². The van der Waals surface area contributed by atoms with Crippen molar-refractivity contribution in [3.8, 4) is 5.88 Å². The second-order valence-electron chi connectivity index (χ2n) is 5.20. The van der Waals surface area contributed by atoms with E-state index in [0.717, 1.165) is 5.56 Å². The minimum Gasteiger partial charge on any atom is -0.493 e. The van der Waals surface area contributed by atoms with Crippen molar-refractivity contribution in [2.75, 3.05) is 0 Å². The lowest BCUT2D eigenvalue weighted by atomic mass is 10.2. The van der Waals surface area contributed by atoms with Gasteiger partial charge in [-0.15, -0.1) is 10.2 Å². The molecule has 0 radical (unpaired) electrons. The monoisotopic (exact) mass is 340 g/mol. The molecule has 1 amide bonds. The van der Waals surface area contributed by atoms with Gasteiger partial charge in [0, 0.05) is 6.20 Å². The van der Waals surface area contributed by atoms with Crippen LogP contribution in [0.4, 0.5) is 5.69 Å². The average molecular weight is 341 g/mol. The Morgan fingerprint density at radius 3 is 2.96 bits per heavy atom. The van der Waals surface area contributed by atoms with Gasteiger partial charge < -0.3 is 10.1 Å². The number of aromatic hydroxyl groups is 1. The largest absolute Gasteiger partial charge is 0.493 e. The van der Waals surface area contributed by atoms with Gasteiger partial charge in [0.25, 0.3) is 5.91 Å². The van der Waals surface area contributed by atoms with Crippen molar-refractivity contribution >= 4 is 39.9 Å². The average Bonchev–Trinajstić information content (AvgIpc) is 3.00. The number of rotatable bonds is 2. The van der Waals surface area contributed by atoms with E-state index in [4.69, 9.17) is 11.6 Å². The van der Waals surface area contributed by atoms with Gasteiger partial charge in [-0.25, -0.2) is 9.97 Å². The molecule has 4 rings (SSSR count). The molecule has 1 aliphatic heterocycles. The maximum Gasteiger partial charge on any atom is 0.300 e. The Morgan fingerprint density at radius 2 is 2.12 bits per heavy atom. The second-order valence-corrected chi connectivity index (χ2v) is 5.59. The molecule has 1 aliphatic rings. The maximum atomic E-state index is 12.0. The first-order chi connectivity index (χ1) is 11.5. The standard InChI is InChI=1S/C15H9ClN6O2/c1-6-4-8-11(15(24)19-12(8)17-5-6)22-21-10-7-2-3-9(16)18-13(7)20-14(10)23/h2-5,24H,1H3,(H,17,19). The first kappa shape index (κ1) is 14.5. The van der Waals surface area contributed by atoms with Gasteiger partial charge in [-0.05, 0) is 30.7 Å². The van der Waals surface area contributed by atoms with E-state index in [0.29, 0.717) is 16.3 Å². The van der Waals surface area contributed by atoms with Gasteiger partial charge >= 0.3 is 0 Å². The number of hydrogen-bond acceptors (Lipinski definition) is 6. The summed E-state index contributed by atoms with van der Waals surface area (Å²) in [4.78, 5) is 26.6. The Kier molecular flexibility index (Phi) is 3.14. The number of aromatic nitrogens is 3. The molecule has 0 spiro atoms. The van der Waals surface area contributed by atoms with E-state index in [9.17, 15) is 9.90 Å². The number of azo groups is 1. The Morgan fingerprint density at radius 1 is 1.29 bits per heavy atom. The molecule has 0 atom stereocenters. The van der Waals surface area contributed by atoms with Gasteiger partial charge in [0.15, 0.2) is 16.9 Å². The van der Waals surface area contributed by atoms with Crippen molar-refractivity contribution in [3.63, 3.8) is 0 Å². The number of H-pyrrole nitrogens is 1. The molecule has 24 heavy (non-hydrogen) atoms. The molecule has 118 valence electrons. The van der Waals surface area contributed by atoms with Crippen LogP contribution < -0.4 is 10.7 Å². The van der Waals surface area contributed by atoms with Crippen LogP contribution in [-0.4, -0.2) is 26.0 Å². The molecular weight excluding hydrogens is 332 g/mol. The van der Waals surface area contributed by atoms with Gasteiger partial charge in [-0.1, -0.05) is 11.6 Å². The van der Waals surface area contributed by atoms with E-state index in [2.05, 4.69) is 30.2 Å². The van der Waals surface area contributed by atoms with E-state index in [-0.39, 0.29) is 27.9 Å². The molecule has 0 aliphatic carbocycles. The van der Waals surface area contributed by atoms with Crippen LogP contribution in [0.1, 0.15) is 5.56 Å². The third-order valence-corrected chi connectivity index (χ3v) is 3.71. The number of aryl methyl sites for hydroxylation is 1. The highest BCUT2D eigenvalue weighted by Crippen LogP contribution is 2.35. The van der Waals surface area contributed by atoms with Gasteiger partial charge in [0.2, 0.25) is 5.88 Å². The van der Waals surface area contributed by atoms with Gasteiger partial charge in [-0.2, -0.15) is 4.99 Å². The molecule has 3 aromatic heterocycles. The third-order valence-electron chi connectivity index (χ3n) is 3.50. The molecular formula is C15H9ClN6O2. The Bertz CT molecular complexity index is 1160. The molecule has 0 fully saturated rings. The molecule has 0 aromatic carbocycles. The third kappa shape index (κ3) is 2.24. The minimum absolute atomic E-state index is 0.0449. The molecule has 9 heteroatoms. The number of fused-ring (bicyclic) bond motifs is 2. The van der Waals surface area contributed by atoms with Crippen molar-refractivity contribution in [2.24, 2.45) is 15.2 Å². The van der Waals surface area contributed by atoms with E-state index in [1.807, 2.05) is 13.0 Å². The Labute approximate surface area is 139 Å². The summed E-state index contributed by atoms with van der Waals surface area (Å²) in [5.41, 5.74) is 1.84. The highest BCUT2D eigenvalue weighted by atomic mass is 35.5. The quantitative estimate of drug-likeness (QED) is 0.545. The van der Waals surface area contributed by atoms with Crippen molar-refractivity contribution in [3.05, 3.63) is 45.8 Å². The van der Waals surface area contributed by atoms with Crippen LogP contribution in [0.25, 0.3) is 16.7 Å². The summed E-state index contributed by atoms with van der Waals surface area (Å²) in [7, 11) is 0. The van der Waals surface area contributed by atoms with E-state index in [1.165, 1.54) is 0 Å². The minimum atomic E-state index is -0.558. The highest BCUT2D eigenvalue weighted by Gasteiger charge is 2.18. The fourth-order valence-electron chi connectivity index (χ4n) is 2.41. The predicted octanol–water partition coefficient (Wildman–Crippen LogP) is 1.68. The summed E-state index contributed by atoms with van der Waals surface area (Å²) in [5, 5.41) is 19.3. The zero-order valence-corrected chi connectivity index (χ0v) is 13.0. The number of nitrogens with zero attached hydrogens (tertiary/aromatic N) is 5. The molecule has 4 heterocycles. The van der Waals surface area contributed by atoms with Crippen LogP contribution in [-0.2, 0) is 4.79 Å². The van der Waals surface area contributed by atoms with Crippen LogP contribution >= 0.6 is 11.6 Å². The first-order valence-electron chi connectivity index (χ1n) is 6.92. The molecule has 0 saturated carbocycles. The maximum absolute atomic E-state index is 12.0. The van der Waals surface area contributed by atoms with Crippen LogP contribution in [0.5, 0.6) is 5.88 Å². The zero-order valence-electron chi connectivity index (χ0n) is 12.3. The number of hydrogen-bond donors (Lipinski definition) is 2. The van der Waals surface area contributed by atoms with Crippen molar-refractivity contribution < 1.29 is 9.90 Å². The summed E-state index contributed by atoms with van der Waals surface area (Å²) in [5.74, 6) is -0.735. The smallest absolute Gasteiger partial charge is 0.300 e. The molecule has 8 nitrogen and oxygen atoms in total. The summed E-state index contributed by atoms with van der Waals surface area (Å²) in [6.07, 6.45) is 1.67. The Balaban J connectivity index is 1.87. The molecule has 0 unspecified atom stereocenters. The van der Waals surface area contributed by atoms with Crippen LogP contribution in [0, 0.1) is 6.92 Å². The zero-order chi connectivity index (χ0) is 16.8. The van der Waals surface area contributed by atoms with Gasteiger partial charge in [0.1, 0.15) is 10.8 Å². The van der Waals surface area contributed by atoms with E-state index in [1.54, 1.807) is 18.3 Å². The second kappa shape index (κ2) is 5.20. The lowest BCUT2D eigenvalue weighted by Crippen LogP contribution is -2.26. The topological polar surface area (TPSA) is 116 Å². The van der Waals surface area contributed by atoms with E-state index < -0.39 is 5.91 Å². The molecule has 0 bridgehead atoms. The summed E-state index contributed by atoms with van der Waals surface area (Å²) >= 11 is 5.79. The Hall–Kier alpha value is -3.13. The number of carbonyl (C=O) groups excluding carboxylic acids is 1. The lowest BCUT2D eigenvalue weighted by Gasteiger charge is -1.94. The number of nitrogens with one attached hydrogen (secondary N) is 1. The number of pyridine rings is 2. The fourth-order valence-corrected chi connectivity index (χ4v) is 2.55. The SMILES string of the molecule is Cc1cnc2[nH]c(O)c(N=NC3=c4ccc(Cl)nc4=NC3=O)c2c1. The summed E-state index contributed by atoms with van der Waals surface area (Å²) in [6.45, 7) is 1.87. The first-order valence-corrected chi connectivity index (χ1v) is 7.29. The molecule has 2 N–H and O–H groups in total. The van der Waals surface area contributed by atoms with Crippen LogP contribution in [0.2, 0.25) is 5.15 Å². The fraction of sp³-hybridized carbons (Fsp3) is 0.0667. The van der Waals surface area contributed by atoms with Crippen molar-refractivity contribution in [2.45, 2.75) is 6.92 Å². The summed E-state index contributed by atoms with van der Waals surface area (Å²) in [6, 6.07) is 4.96. The number of carbonyl (C=O) groups is 1. The number of amides is 1. The van der Waals surface area contributed by atoms with Crippen LogP contribution in [0.15, 0.2) is 39.6 Å². The number of halogens is 1. The van der Waals surface area contributed by atoms with E-state index >= 15 is 0 Å². The summed E-state index contributed by atoms with van der Waals surface area (Å²) < 4.78 is 0. The van der Waals surface area contributed by atoms with Gasteiger partial charge in [0.05, 0.1) is 10.6 Å². The number of aromatic amines is 1. The van der Waals surface area contributed by atoms with Crippen molar-refractivity contribution in [1.82, 2.24) is 15.0 Å². The highest BCUT2D eigenvalue weighted by molar-refractivity contribution is 6.29. The van der Waals surface area contributed by atoms with Crippen LogP contribution in [0.3, 0.4) is 0 Å². The normalized spacial score (nSPS) is 13.8. The lowest BCUT2D eigenvalue weighted by molar-refractivity contribution is -0.112. The van der Waals surface area contributed by atoms with Crippen molar-refractivity contribution in [1.29, 1.82) is 0 Å². The molecule has 0 saturated heterocycles. The predicted molar refractivity (Wildman–Crippen MR) is 85.5 cm³/mol. The molecule has 3 aromatic rings.